The van der Waals surface area contributed by atoms with Crippen molar-refractivity contribution in [3.63, 3.8) is 0 Å². The van der Waals surface area contributed by atoms with Gasteiger partial charge < -0.3 is 0 Å². The van der Waals surface area contributed by atoms with Crippen LogP contribution in [0.3, 0.4) is 0 Å². The van der Waals surface area contributed by atoms with Crippen molar-refractivity contribution >= 4 is 27.1 Å². The molecule has 2 heterocycles. The summed E-state index contributed by atoms with van der Waals surface area (Å²) in [5.41, 5.74) is 0. The Balaban J connectivity index is 2.14. The lowest BCUT2D eigenvalue weighted by Crippen LogP contribution is -2.39. The Hall–Kier alpha value is -1.23. The van der Waals surface area contributed by atoms with Gasteiger partial charge in [0.25, 0.3) is 10.0 Å². The minimum absolute atomic E-state index is 0.0237. The molecule has 0 unspecified atom stereocenters. The first-order valence-electron chi connectivity index (χ1n) is 5.95. The summed E-state index contributed by atoms with van der Waals surface area (Å²) in [6.07, 6.45) is 1.15. The van der Waals surface area contributed by atoms with Crippen LogP contribution < -0.4 is 0 Å². The third-order valence-electron chi connectivity index (χ3n) is 3.31. The number of thiophene rings is 1. The monoisotopic (exact) mass is 298 g/mol. The Bertz CT molecular complexity index is 620. The number of carbonyl (C=O) groups excluding carboxylic acids is 1. The summed E-state index contributed by atoms with van der Waals surface area (Å²) in [6, 6.07) is 4.92. The Labute approximate surface area is 116 Å². The number of sulfonamides is 1. The van der Waals surface area contributed by atoms with Gasteiger partial charge in [0.2, 0.25) is 0 Å². The van der Waals surface area contributed by atoms with Gasteiger partial charge in [-0.05, 0) is 31.9 Å². The van der Waals surface area contributed by atoms with Gasteiger partial charge in [-0.25, -0.2) is 8.42 Å². The molecule has 7 heteroatoms. The number of nitrogens with zero attached hydrogens (tertiary/aromatic N) is 2. The third kappa shape index (κ3) is 2.86. The molecule has 1 fully saturated rings. The molecule has 0 aromatic carbocycles. The average Bonchev–Trinajstić information content (AvgIpc) is 2.88. The predicted octanol–water partition coefficient (Wildman–Crippen LogP) is 1.61. The van der Waals surface area contributed by atoms with Crippen molar-refractivity contribution in [3.05, 3.63) is 17.0 Å². The molecule has 102 valence electrons. The van der Waals surface area contributed by atoms with E-state index in [-0.39, 0.29) is 15.9 Å². The largest absolute Gasteiger partial charge is 0.300 e. The minimum atomic E-state index is -3.51. The van der Waals surface area contributed by atoms with Gasteiger partial charge >= 0.3 is 0 Å². The Kier molecular flexibility index (Phi) is 4.04. The zero-order valence-electron chi connectivity index (χ0n) is 10.5. The molecule has 0 radical (unpaired) electrons. The first-order chi connectivity index (χ1) is 8.95. The summed E-state index contributed by atoms with van der Waals surface area (Å²) >= 11 is 0.983. The zero-order valence-corrected chi connectivity index (χ0v) is 12.1. The first kappa shape index (κ1) is 14.2. The SMILES string of the molecule is CC(=O)C1CCN(S(=O)(=O)c2ccc(C#N)s2)CC1. The first-order valence-corrected chi connectivity index (χ1v) is 8.21. The van der Waals surface area contributed by atoms with E-state index in [0.29, 0.717) is 30.8 Å². The number of ketones is 1. The van der Waals surface area contributed by atoms with Gasteiger partial charge in [-0.15, -0.1) is 11.3 Å². The molecular formula is C12H14N2O3S2. The van der Waals surface area contributed by atoms with E-state index in [1.807, 2.05) is 6.07 Å². The fourth-order valence-corrected chi connectivity index (χ4v) is 4.88. The van der Waals surface area contributed by atoms with Crippen molar-refractivity contribution in [3.8, 4) is 6.07 Å². The zero-order chi connectivity index (χ0) is 14.0. The summed E-state index contributed by atoms with van der Waals surface area (Å²) in [5, 5.41) is 8.74. The van der Waals surface area contributed by atoms with E-state index in [0.717, 1.165) is 11.3 Å². The number of Topliss-reactive ketones (excluding diaryl/α,β-unsaturated/α-hetero) is 1. The maximum absolute atomic E-state index is 12.3. The molecule has 1 aromatic rings. The molecule has 0 amide bonds. The van der Waals surface area contributed by atoms with Gasteiger partial charge in [-0.3, -0.25) is 4.79 Å². The molecule has 0 N–H and O–H groups in total. The van der Waals surface area contributed by atoms with Gasteiger partial charge in [0, 0.05) is 19.0 Å². The topological polar surface area (TPSA) is 78.2 Å². The summed E-state index contributed by atoms with van der Waals surface area (Å²) in [6.45, 7) is 2.28. The third-order valence-corrected chi connectivity index (χ3v) is 6.67. The average molecular weight is 298 g/mol. The van der Waals surface area contributed by atoms with Crippen LogP contribution in [0.4, 0.5) is 0 Å². The maximum atomic E-state index is 12.3. The number of nitriles is 1. The highest BCUT2D eigenvalue weighted by Gasteiger charge is 2.31. The van der Waals surface area contributed by atoms with E-state index < -0.39 is 10.0 Å². The molecule has 19 heavy (non-hydrogen) atoms. The number of carbonyl (C=O) groups is 1. The van der Waals surface area contributed by atoms with Crippen LogP contribution in [0.25, 0.3) is 0 Å². The Morgan fingerprint density at radius 3 is 2.53 bits per heavy atom. The normalized spacial score (nSPS) is 18.1. The molecule has 0 atom stereocenters. The van der Waals surface area contributed by atoms with Crippen molar-refractivity contribution in [2.75, 3.05) is 13.1 Å². The van der Waals surface area contributed by atoms with Crippen LogP contribution in [0.5, 0.6) is 0 Å². The number of rotatable bonds is 3. The highest BCUT2D eigenvalue weighted by molar-refractivity contribution is 7.91. The maximum Gasteiger partial charge on any atom is 0.252 e. The highest BCUT2D eigenvalue weighted by Crippen LogP contribution is 2.28. The smallest absolute Gasteiger partial charge is 0.252 e. The molecule has 0 bridgehead atoms. The summed E-state index contributed by atoms with van der Waals surface area (Å²) in [4.78, 5) is 11.7. The fourth-order valence-electron chi connectivity index (χ4n) is 2.15. The lowest BCUT2D eigenvalue weighted by atomic mass is 9.95. The summed E-state index contributed by atoms with van der Waals surface area (Å²) < 4.78 is 26.3. The van der Waals surface area contributed by atoms with Crippen LogP contribution in [-0.2, 0) is 14.8 Å². The van der Waals surface area contributed by atoms with Crippen molar-refractivity contribution in [1.82, 2.24) is 4.31 Å². The van der Waals surface area contributed by atoms with Crippen LogP contribution in [0.15, 0.2) is 16.3 Å². The van der Waals surface area contributed by atoms with E-state index in [9.17, 15) is 13.2 Å². The number of hydrogen-bond donors (Lipinski definition) is 0. The molecule has 2 rings (SSSR count). The molecule has 0 spiro atoms. The standard InChI is InChI=1S/C12H14N2O3S2/c1-9(15)10-4-6-14(7-5-10)19(16,17)12-3-2-11(8-13)18-12/h2-3,10H,4-7H2,1H3. The number of piperidine rings is 1. The molecule has 1 aliphatic heterocycles. The van der Waals surface area contributed by atoms with Crippen LogP contribution in [-0.4, -0.2) is 31.6 Å². The summed E-state index contributed by atoms with van der Waals surface area (Å²) in [7, 11) is -3.51. The van der Waals surface area contributed by atoms with Crippen molar-refractivity contribution in [2.24, 2.45) is 5.92 Å². The van der Waals surface area contributed by atoms with E-state index in [4.69, 9.17) is 5.26 Å². The van der Waals surface area contributed by atoms with Gasteiger partial charge in [0.15, 0.2) is 0 Å². The lowest BCUT2D eigenvalue weighted by molar-refractivity contribution is -0.121. The quantitative estimate of drug-likeness (QED) is 0.849. The Morgan fingerprint density at radius 1 is 1.42 bits per heavy atom. The number of hydrogen-bond acceptors (Lipinski definition) is 5. The van der Waals surface area contributed by atoms with E-state index in [1.54, 1.807) is 6.92 Å². The van der Waals surface area contributed by atoms with Crippen molar-refractivity contribution in [2.45, 2.75) is 24.0 Å². The van der Waals surface area contributed by atoms with E-state index in [1.165, 1.54) is 16.4 Å². The predicted molar refractivity (Wildman–Crippen MR) is 71.2 cm³/mol. The molecule has 5 nitrogen and oxygen atoms in total. The fraction of sp³-hybridized carbons (Fsp3) is 0.500. The highest BCUT2D eigenvalue weighted by atomic mass is 32.2. The molecule has 0 saturated carbocycles. The lowest BCUT2D eigenvalue weighted by Gasteiger charge is -2.29. The van der Waals surface area contributed by atoms with Crippen LogP contribution in [0, 0.1) is 17.2 Å². The van der Waals surface area contributed by atoms with Crippen molar-refractivity contribution < 1.29 is 13.2 Å². The van der Waals surface area contributed by atoms with E-state index >= 15 is 0 Å². The molecule has 0 aliphatic carbocycles. The molecule has 1 saturated heterocycles. The molecular weight excluding hydrogens is 284 g/mol. The Morgan fingerprint density at radius 2 is 2.05 bits per heavy atom. The van der Waals surface area contributed by atoms with Crippen LogP contribution in [0.1, 0.15) is 24.6 Å². The molecule has 1 aliphatic rings. The van der Waals surface area contributed by atoms with Crippen LogP contribution in [0.2, 0.25) is 0 Å². The molecule has 1 aromatic heterocycles. The van der Waals surface area contributed by atoms with Crippen molar-refractivity contribution in [1.29, 1.82) is 5.26 Å². The van der Waals surface area contributed by atoms with Gasteiger partial charge in [0.1, 0.15) is 20.9 Å². The van der Waals surface area contributed by atoms with Crippen LogP contribution >= 0.6 is 11.3 Å². The van der Waals surface area contributed by atoms with E-state index in [2.05, 4.69) is 0 Å². The second-order valence-corrected chi connectivity index (χ2v) is 7.77. The second kappa shape index (κ2) is 5.41. The second-order valence-electron chi connectivity index (χ2n) is 4.52. The van der Waals surface area contributed by atoms with Gasteiger partial charge in [0.05, 0.1) is 0 Å². The van der Waals surface area contributed by atoms with Gasteiger partial charge in [-0.2, -0.15) is 9.57 Å². The van der Waals surface area contributed by atoms with Gasteiger partial charge in [-0.1, -0.05) is 0 Å². The summed E-state index contributed by atoms with van der Waals surface area (Å²) in [5.74, 6) is 0.101. The minimum Gasteiger partial charge on any atom is -0.300 e.